The highest BCUT2D eigenvalue weighted by atomic mass is 32.2. The van der Waals surface area contributed by atoms with Gasteiger partial charge in [-0.25, -0.2) is 8.42 Å². The molecule has 1 aromatic carbocycles. The van der Waals surface area contributed by atoms with Gasteiger partial charge in [-0.15, -0.1) is 0 Å². The number of hydrogen-bond acceptors (Lipinski definition) is 6. The molecular formula is C13H20N2O5S. The van der Waals surface area contributed by atoms with E-state index in [0.717, 1.165) is 0 Å². The lowest BCUT2D eigenvalue weighted by molar-refractivity contribution is -0.0750. The summed E-state index contributed by atoms with van der Waals surface area (Å²) >= 11 is 0. The second-order valence-corrected chi connectivity index (χ2v) is 6.91. The van der Waals surface area contributed by atoms with Gasteiger partial charge in [-0.2, -0.15) is 4.31 Å². The van der Waals surface area contributed by atoms with Gasteiger partial charge in [0.1, 0.15) is 5.75 Å². The number of anilines is 1. The third-order valence-corrected chi connectivity index (χ3v) is 5.16. The number of hydrogen-bond donors (Lipinski definition) is 2. The van der Waals surface area contributed by atoms with E-state index in [0.29, 0.717) is 5.75 Å². The summed E-state index contributed by atoms with van der Waals surface area (Å²) in [5.74, 6) is 0.428. The van der Waals surface area contributed by atoms with Crippen molar-refractivity contribution in [2.24, 2.45) is 0 Å². The van der Waals surface area contributed by atoms with Crippen molar-refractivity contribution in [1.29, 1.82) is 0 Å². The molecule has 1 saturated heterocycles. The van der Waals surface area contributed by atoms with Gasteiger partial charge in [0.15, 0.2) is 0 Å². The summed E-state index contributed by atoms with van der Waals surface area (Å²) in [4.78, 5) is 0.103. The minimum absolute atomic E-state index is 0.103. The molecule has 0 bridgehead atoms. The van der Waals surface area contributed by atoms with Crippen LogP contribution < -0.4 is 10.5 Å². The van der Waals surface area contributed by atoms with Crippen molar-refractivity contribution in [2.45, 2.75) is 24.0 Å². The number of nitrogen functional groups attached to an aromatic ring is 1. The number of nitrogens with two attached hydrogens (primary N) is 1. The van der Waals surface area contributed by atoms with Gasteiger partial charge in [-0.05, 0) is 25.1 Å². The first-order valence-electron chi connectivity index (χ1n) is 6.58. The molecule has 1 heterocycles. The van der Waals surface area contributed by atoms with Crippen molar-refractivity contribution in [2.75, 3.05) is 32.5 Å². The van der Waals surface area contributed by atoms with Crippen LogP contribution in [0, 0.1) is 0 Å². The van der Waals surface area contributed by atoms with Crippen LogP contribution in [0.4, 0.5) is 5.69 Å². The Morgan fingerprint density at radius 1 is 1.48 bits per heavy atom. The Morgan fingerprint density at radius 3 is 2.76 bits per heavy atom. The van der Waals surface area contributed by atoms with E-state index in [4.69, 9.17) is 15.2 Å². The molecule has 1 aliphatic heterocycles. The quantitative estimate of drug-likeness (QED) is 0.761. The summed E-state index contributed by atoms with van der Waals surface area (Å²) in [6.45, 7) is 1.91. The lowest BCUT2D eigenvalue weighted by Gasteiger charge is -2.35. The molecule has 0 amide bonds. The summed E-state index contributed by atoms with van der Waals surface area (Å²) in [6.07, 6.45) is -0.791. The topological polar surface area (TPSA) is 102 Å². The van der Waals surface area contributed by atoms with Crippen molar-refractivity contribution in [3.8, 4) is 5.75 Å². The minimum Gasteiger partial charge on any atom is -0.495 e. The minimum atomic E-state index is -3.68. The molecule has 1 aromatic rings. The highest BCUT2D eigenvalue weighted by Crippen LogP contribution is 2.27. The fraction of sp³-hybridized carbons (Fsp3) is 0.538. The van der Waals surface area contributed by atoms with Gasteiger partial charge in [0, 0.05) is 13.1 Å². The van der Waals surface area contributed by atoms with E-state index in [9.17, 15) is 13.5 Å². The largest absolute Gasteiger partial charge is 0.495 e. The third-order valence-electron chi connectivity index (χ3n) is 3.34. The molecule has 8 heteroatoms. The Balaban J connectivity index is 2.30. The fourth-order valence-corrected chi connectivity index (χ4v) is 3.90. The average Bonchev–Trinajstić information content (AvgIpc) is 2.46. The Hall–Kier alpha value is -1.35. The Labute approximate surface area is 124 Å². The number of nitrogens with zero attached hydrogens (tertiary/aromatic N) is 1. The maximum atomic E-state index is 12.6. The summed E-state index contributed by atoms with van der Waals surface area (Å²) in [5, 5.41) is 9.19. The first-order chi connectivity index (χ1) is 9.88. The zero-order valence-corrected chi connectivity index (χ0v) is 12.8. The number of aliphatic hydroxyl groups excluding tert-OH is 1. The molecule has 2 unspecified atom stereocenters. The van der Waals surface area contributed by atoms with E-state index in [1.165, 1.54) is 29.6 Å². The van der Waals surface area contributed by atoms with Crippen LogP contribution in [-0.2, 0) is 14.8 Å². The maximum absolute atomic E-state index is 12.6. The Morgan fingerprint density at radius 2 is 2.19 bits per heavy atom. The summed E-state index contributed by atoms with van der Waals surface area (Å²) < 4.78 is 37.1. The highest BCUT2D eigenvalue weighted by Gasteiger charge is 2.33. The predicted molar refractivity (Wildman–Crippen MR) is 77.6 cm³/mol. The molecule has 0 aliphatic carbocycles. The lowest BCUT2D eigenvalue weighted by atomic mass is 10.2. The van der Waals surface area contributed by atoms with Crippen LogP contribution >= 0.6 is 0 Å². The van der Waals surface area contributed by atoms with Crippen LogP contribution in [0.2, 0.25) is 0 Å². The number of ether oxygens (including phenoxy) is 2. The van der Waals surface area contributed by atoms with E-state index >= 15 is 0 Å². The fourth-order valence-electron chi connectivity index (χ4n) is 2.32. The average molecular weight is 316 g/mol. The molecular weight excluding hydrogens is 296 g/mol. The summed E-state index contributed by atoms with van der Waals surface area (Å²) in [6, 6.07) is 4.36. The number of rotatable bonds is 4. The van der Waals surface area contributed by atoms with Crippen LogP contribution in [0.15, 0.2) is 23.1 Å². The van der Waals surface area contributed by atoms with Gasteiger partial charge in [0.25, 0.3) is 0 Å². The van der Waals surface area contributed by atoms with E-state index in [1.807, 2.05) is 0 Å². The number of morpholine rings is 1. The van der Waals surface area contributed by atoms with Gasteiger partial charge < -0.3 is 20.3 Å². The molecule has 2 rings (SSSR count). The molecule has 0 aromatic heterocycles. The van der Waals surface area contributed by atoms with Crippen LogP contribution in [0.5, 0.6) is 5.75 Å². The molecule has 2 atom stereocenters. The molecule has 0 radical (unpaired) electrons. The van der Waals surface area contributed by atoms with Crippen LogP contribution in [0.25, 0.3) is 0 Å². The van der Waals surface area contributed by atoms with Gasteiger partial charge >= 0.3 is 0 Å². The SMILES string of the molecule is COc1ccc(S(=O)(=O)N2CC(C)OC(CO)C2)cc1N. The number of aliphatic hydroxyl groups is 1. The molecule has 21 heavy (non-hydrogen) atoms. The second-order valence-electron chi connectivity index (χ2n) is 4.98. The molecule has 0 spiro atoms. The number of benzene rings is 1. The molecule has 1 aliphatic rings. The molecule has 0 saturated carbocycles. The van der Waals surface area contributed by atoms with E-state index in [-0.39, 0.29) is 36.4 Å². The van der Waals surface area contributed by atoms with Gasteiger partial charge in [0.05, 0.1) is 36.5 Å². The van der Waals surface area contributed by atoms with E-state index < -0.39 is 16.1 Å². The van der Waals surface area contributed by atoms with Crippen LogP contribution in [-0.4, -0.2) is 56.8 Å². The van der Waals surface area contributed by atoms with Crippen molar-refractivity contribution >= 4 is 15.7 Å². The first-order valence-corrected chi connectivity index (χ1v) is 8.02. The van der Waals surface area contributed by atoms with Gasteiger partial charge in [0.2, 0.25) is 10.0 Å². The molecule has 3 N–H and O–H groups in total. The zero-order valence-electron chi connectivity index (χ0n) is 12.0. The van der Waals surface area contributed by atoms with Gasteiger partial charge in [-0.3, -0.25) is 0 Å². The summed E-state index contributed by atoms with van der Waals surface area (Å²) in [5.41, 5.74) is 6.03. The maximum Gasteiger partial charge on any atom is 0.243 e. The Bertz CT molecular complexity index is 605. The van der Waals surface area contributed by atoms with Crippen molar-refractivity contribution < 1.29 is 23.0 Å². The molecule has 1 fully saturated rings. The van der Waals surface area contributed by atoms with Crippen molar-refractivity contribution in [1.82, 2.24) is 4.31 Å². The molecule has 7 nitrogen and oxygen atoms in total. The van der Waals surface area contributed by atoms with E-state index in [1.54, 1.807) is 6.92 Å². The molecule has 118 valence electrons. The zero-order chi connectivity index (χ0) is 15.6. The normalized spacial score (nSPS) is 24.0. The summed E-state index contributed by atoms with van der Waals surface area (Å²) in [7, 11) is -2.21. The van der Waals surface area contributed by atoms with Crippen molar-refractivity contribution in [3.63, 3.8) is 0 Å². The lowest BCUT2D eigenvalue weighted by Crippen LogP contribution is -2.50. The highest BCUT2D eigenvalue weighted by molar-refractivity contribution is 7.89. The monoisotopic (exact) mass is 316 g/mol. The van der Waals surface area contributed by atoms with E-state index in [2.05, 4.69) is 0 Å². The number of methoxy groups -OCH3 is 1. The smallest absolute Gasteiger partial charge is 0.243 e. The third kappa shape index (κ3) is 3.29. The number of sulfonamides is 1. The Kier molecular flexibility index (Phi) is 4.72. The predicted octanol–water partition coefficient (Wildman–Crippen LogP) is 0.0477. The van der Waals surface area contributed by atoms with Gasteiger partial charge in [-0.1, -0.05) is 0 Å². The second kappa shape index (κ2) is 6.18. The van der Waals surface area contributed by atoms with Crippen LogP contribution in [0.1, 0.15) is 6.92 Å². The van der Waals surface area contributed by atoms with Crippen molar-refractivity contribution in [3.05, 3.63) is 18.2 Å². The standard InChI is InChI=1S/C13H20N2O5S/c1-9-6-15(7-10(8-16)20-9)21(17,18)11-3-4-13(19-2)12(14)5-11/h3-5,9-10,16H,6-8,14H2,1-2H3. The first kappa shape index (κ1) is 16.0. The van der Waals surface area contributed by atoms with Crippen LogP contribution in [0.3, 0.4) is 0 Å².